The number of aliphatic imine (C=N–C) groups is 1. The maximum atomic E-state index is 11.3. The van der Waals surface area contributed by atoms with Gasteiger partial charge in [0.15, 0.2) is 5.96 Å². The highest BCUT2D eigenvalue weighted by atomic mass is 32.2. The lowest BCUT2D eigenvalue weighted by Gasteiger charge is -2.20. The third-order valence-electron chi connectivity index (χ3n) is 2.69. The molecule has 0 rings (SSSR count). The maximum Gasteiger partial charge on any atom is 0.310 e. The van der Waals surface area contributed by atoms with E-state index < -0.39 is 0 Å². The van der Waals surface area contributed by atoms with Crippen molar-refractivity contribution >= 4 is 23.7 Å². The smallest absolute Gasteiger partial charge is 0.310 e. The molecule has 1 atom stereocenters. The molecule has 0 aliphatic heterocycles. The number of thioether (sulfide) groups is 1. The van der Waals surface area contributed by atoms with Gasteiger partial charge in [-0.3, -0.25) is 9.79 Å². The fraction of sp³-hybridized carbons (Fsp3) is 0.846. The van der Waals surface area contributed by atoms with Gasteiger partial charge < -0.3 is 15.4 Å². The number of ether oxygens (including phenoxy) is 1. The first-order valence-corrected chi connectivity index (χ1v) is 7.74. The van der Waals surface area contributed by atoms with Gasteiger partial charge in [0.1, 0.15) is 0 Å². The highest BCUT2D eigenvalue weighted by molar-refractivity contribution is 7.99. The molecule has 0 bridgehead atoms. The largest absolute Gasteiger partial charge is 0.469 e. The second-order valence-corrected chi connectivity index (χ2v) is 6.48. The molecule has 2 N–H and O–H groups in total. The van der Waals surface area contributed by atoms with E-state index in [4.69, 9.17) is 4.74 Å². The molecule has 0 fully saturated rings. The van der Waals surface area contributed by atoms with Crippen LogP contribution in [0.3, 0.4) is 0 Å². The van der Waals surface area contributed by atoms with Gasteiger partial charge in [0.25, 0.3) is 0 Å². The van der Waals surface area contributed by atoms with Crippen LogP contribution in [0.1, 0.15) is 27.7 Å². The SMILES string of the molecule is CCNC(=NCC(C)(C)SC)NCC(C)C(=O)OC. The number of hydrogen-bond donors (Lipinski definition) is 2. The average Bonchev–Trinajstić information content (AvgIpc) is 2.40. The van der Waals surface area contributed by atoms with E-state index in [9.17, 15) is 4.79 Å². The second-order valence-electron chi connectivity index (χ2n) is 4.96. The first-order valence-electron chi connectivity index (χ1n) is 6.51. The lowest BCUT2D eigenvalue weighted by atomic mass is 10.2. The number of rotatable bonds is 7. The first-order chi connectivity index (χ1) is 8.86. The molecule has 0 aromatic heterocycles. The van der Waals surface area contributed by atoms with Gasteiger partial charge in [0, 0.05) is 17.8 Å². The molecule has 112 valence electrons. The van der Waals surface area contributed by atoms with Crippen molar-refractivity contribution in [3.8, 4) is 0 Å². The Balaban J connectivity index is 4.41. The van der Waals surface area contributed by atoms with Crippen LogP contribution in [0.2, 0.25) is 0 Å². The molecular weight excluding hydrogens is 262 g/mol. The van der Waals surface area contributed by atoms with Gasteiger partial charge in [-0.25, -0.2) is 0 Å². The van der Waals surface area contributed by atoms with E-state index in [2.05, 4.69) is 35.7 Å². The van der Waals surface area contributed by atoms with Crippen molar-refractivity contribution < 1.29 is 9.53 Å². The minimum Gasteiger partial charge on any atom is -0.469 e. The van der Waals surface area contributed by atoms with Crippen LogP contribution in [0.15, 0.2) is 4.99 Å². The standard InChI is InChI=1S/C13H27N3O2S/c1-7-14-12(16-9-13(3,4)19-6)15-8-10(2)11(17)18-5/h10H,7-9H2,1-6H3,(H2,14,15,16). The Morgan fingerprint density at radius 1 is 1.42 bits per heavy atom. The predicted molar refractivity (Wildman–Crippen MR) is 82.8 cm³/mol. The third kappa shape index (κ3) is 7.97. The second kappa shape index (κ2) is 9.07. The first kappa shape index (κ1) is 18.1. The molecule has 0 spiro atoms. The molecule has 6 heteroatoms. The van der Waals surface area contributed by atoms with Gasteiger partial charge in [-0.05, 0) is 27.0 Å². The summed E-state index contributed by atoms with van der Waals surface area (Å²) in [6, 6.07) is 0. The van der Waals surface area contributed by atoms with Gasteiger partial charge in [0.05, 0.1) is 19.6 Å². The Labute approximate surface area is 121 Å². The van der Waals surface area contributed by atoms with Crippen molar-refractivity contribution in [1.82, 2.24) is 10.6 Å². The van der Waals surface area contributed by atoms with Crippen LogP contribution in [0.4, 0.5) is 0 Å². The number of nitrogens with one attached hydrogen (secondary N) is 2. The fourth-order valence-electron chi connectivity index (χ4n) is 1.21. The molecular formula is C13H27N3O2S. The van der Waals surface area contributed by atoms with Crippen molar-refractivity contribution in [2.24, 2.45) is 10.9 Å². The van der Waals surface area contributed by atoms with E-state index in [0.29, 0.717) is 6.54 Å². The van der Waals surface area contributed by atoms with E-state index in [1.165, 1.54) is 7.11 Å². The Morgan fingerprint density at radius 3 is 2.53 bits per heavy atom. The number of carbonyl (C=O) groups is 1. The summed E-state index contributed by atoms with van der Waals surface area (Å²) in [5.41, 5.74) is 0. The zero-order chi connectivity index (χ0) is 14.9. The third-order valence-corrected chi connectivity index (χ3v) is 3.93. The average molecular weight is 289 g/mol. The molecule has 0 heterocycles. The van der Waals surface area contributed by atoms with Crippen molar-refractivity contribution in [2.75, 3.05) is 33.0 Å². The van der Waals surface area contributed by atoms with Crippen LogP contribution in [-0.2, 0) is 9.53 Å². The van der Waals surface area contributed by atoms with Gasteiger partial charge in [0.2, 0.25) is 0 Å². The van der Waals surface area contributed by atoms with Crippen molar-refractivity contribution in [1.29, 1.82) is 0 Å². The Bertz CT molecular complexity index is 306. The van der Waals surface area contributed by atoms with Crippen LogP contribution in [0, 0.1) is 5.92 Å². The van der Waals surface area contributed by atoms with Crippen molar-refractivity contribution in [3.05, 3.63) is 0 Å². The number of hydrogen-bond acceptors (Lipinski definition) is 4. The van der Waals surface area contributed by atoms with E-state index in [1.54, 1.807) is 11.8 Å². The lowest BCUT2D eigenvalue weighted by Crippen LogP contribution is -2.41. The Kier molecular flexibility index (Phi) is 8.63. The quantitative estimate of drug-likeness (QED) is 0.422. The summed E-state index contributed by atoms with van der Waals surface area (Å²) >= 11 is 1.78. The molecule has 0 aliphatic carbocycles. The molecule has 0 amide bonds. The highest BCUT2D eigenvalue weighted by Gasteiger charge is 2.16. The molecule has 0 aromatic carbocycles. The van der Waals surface area contributed by atoms with Crippen molar-refractivity contribution in [3.63, 3.8) is 0 Å². The monoisotopic (exact) mass is 289 g/mol. The summed E-state index contributed by atoms with van der Waals surface area (Å²) in [5.74, 6) is 0.329. The van der Waals surface area contributed by atoms with E-state index >= 15 is 0 Å². The predicted octanol–water partition coefficient (Wildman–Crippen LogP) is 1.49. The maximum absolute atomic E-state index is 11.3. The Hall–Kier alpha value is -0.910. The number of guanidine groups is 1. The summed E-state index contributed by atoms with van der Waals surface area (Å²) in [6.07, 6.45) is 2.08. The highest BCUT2D eigenvalue weighted by Crippen LogP contribution is 2.20. The van der Waals surface area contributed by atoms with Gasteiger partial charge in [-0.15, -0.1) is 0 Å². The summed E-state index contributed by atoms with van der Waals surface area (Å²) in [5, 5.41) is 6.33. The molecule has 0 aliphatic rings. The molecule has 0 saturated heterocycles. The normalized spacial score (nSPS) is 13.9. The topological polar surface area (TPSA) is 62.7 Å². The minimum absolute atomic E-state index is 0.107. The molecule has 0 aromatic rings. The Morgan fingerprint density at radius 2 is 2.05 bits per heavy atom. The molecule has 1 unspecified atom stereocenters. The number of esters is 1. The van der Waals surface area contributed by atoms with E-state index in [-0.39, 0.29) is 16.6 Å². The minimum atomic E-state index is -0.215. The number of nitrogens with zero attached hydrogens (tertiary/aromatic N) is 1. The van der Waals surface area contributed by atoms with E-state index in [0.717, 1.165) is 19.0 Å². The molecule has 19 heavy (non-hydrogen) atoms. The van der Waals surface area contributed by atoms with Gasteiger partial charge >= 0.3 is 5.97 Å². The van der Waals surface area contributed by atoms with Crippen LogP contribution in [-0.4, -0.2) is 49.7 Å². The molecule has 0 radical (unpaired) electrons. The number of carbonyl (C=O) groups excluding carboxylic acids is 1. The lowest BCUT2D eigenvalue weighted by molar-refractivity contribution is -0.144. The van der Waals surface area contributed by atoms with Crippen LogP contribution in [0.5, 0.6) is 0 Å². The number of methoxy groups -OCH3 is 1. The summed E-state index contributed by atoms with van der Waals surface area (Å²) in [4.78, 5) is 15.9. The van der Waals surface area contributed by atoms with Gasteiger partial charge in [-0.1, -0.05) is 6.92 Å². The zero-order valence-electron chi connectivity index (χ0n) is 12.9. The van der Waals surface area contributed by atoms with Crippen LogP contribution >= 0.6 is 11.8 Å². The van der Waals surface area contributed by atoms with Crippen LogP contribution in [0.25, 0.3) is 0 Å². The van der Waals surface area contributed by atoms with E-state index in [1.807, 2.05) is 13.8 Å². The van der Waals surface area contributed by atoms with Crippen LogP contribution < -0.4 is 10.6 Å². The molecule has 0 saturated carbocycles. The zero-order valence-corrected chi connectivity index (χ0v) is 13.7. The fourth-order valence-corrected chi connectivity index (χ4v) is 1.40. The summed E-state index contributed by atoms with van der Waals surface area (Å²) < 4.78 is 4.80. The summed E-state index contributed by atoms with van der Waals surface area (Å²) in [6.45, 7) is 10.2. The van der Waals surface area contributed by atoms with Crippen molar-refractivity contribution in [2.45, 2.75) is 32.4 Å². The molecule has 5 nitrogen and oxygen atoms in total. The van der Waals surface area contributed by atoms with Gasteiger partial charge in [-0.2, -0.15) is 11.8 Å². The summed E-state index contributed by atoms with van der Waals surface area (Å²) in [7, 11) is 1.40.